The van der Waals surface area contributed by atoms with Crippen LogP contribution in [0, 0.1) is 0 Å². The highest BCUT2D eigenvalue weighted by Gasteiger charge is 2.35. The van der Waals surface area contributed by atoms with Crippen molar-refractivity contribution in [3.8, 4) is 5.75 Å². The molecule has 1 rings (SSSR count). The highest BCUT2D eigenvalue weighted by molar-refractivity contribution is 5.70. The second kappa shape index (κ2) is 10.7. The monoisotopic (exact) mass is 442 g/mol. The number of aliphatic hydroxyl groups excluding tert-OH is 5. The van der Waals surface area contributed by atoms with Crippen molar-refractivity contribution in [2.75, 3.05) is 13.2 Å². The Morgan fingerprint density at radius 2 is 1.35 bits per heavy atom. The van der Waals surface area contributed by atoms with Gasteiger partial charge in [0.05, 0.1) is 13.2 Å². The molecule has 0 aliphatic rings. The lowest BCUT2D eigenvalue weighted by Crippen LogP contribution is -2.49. The second-order valence-corrected chi connectivity index (χ2v) is 9.98. The molecule has 0 fully saturated rings. The van der Waals surface area contributed by atoms with E-state index in [0.717, 1.165) is 16.7 Å². The van der Waals surface area contributed by atoms with E-state index in [2.05, 4.69) is 0 Å². The van der Waals surface area contributed by atoms with Gasteiger partial charge in [0.15, 0.2) is 6.10 Å². The van der Waals surface area contributed by atoms with Gasteiger partial charge in [-0.3, -0.25) is 4.79 Å². The minimum absolute atomic E-state index is 0.0888. The molecule has 4 atom stereocenters. The molecule has 0 aromatic heterocycles. The Bertz CT molecular complexity index is 697. The predicted octanol–water partition coefficient (Wildman–Crippen LogP) is 0.899. The van der Waals surface area contributed by atoms with Crippen LogP contribution in [0.1, 0.15) is 64.7 Å². The van der Waals surface area contributed by atoms with Crippen molar-refractivity contribution >= 4 is 5.97 Å². The third-order valence-corrected chi connectivity index (χ3v) is 5.16. The largest absolute Gasteiger partial charge is 0.507 e. The fourth-order valence-corrected chi connectivity index (χ4v) is 3.25. The molecular weight excluding hydrogens is 404 g/mol. The fraction of sp³-hybridized carbons (Fsp3) is 0.696. The van der Waals surface area contributed by atoms with Crippen LogP contribution >= 0.6 is 0 Å². The molecule has 0 aliphatic carbocycles. The van der Waals surface area contributed by atoms with Gasteiger partial charge in [-0.1, -0.05) is 53.7 Å². The number of esters is 1. The normalized spacial score (nSPS) is 16.5. The van der Waals surface area contributed by atoms with Gasteiger partial charge in [-0.15, -0.1) is 0 Å². The Morgan fingerprint density at radius 3 is 1.74 bits per heavy atom. The van der Waals surface area contributed by atoms with Crippen LogP contribution in [0.25, 0.3) is 0 Å². The number of benzene rings is 1. The standard InChI is InChI=1S/C23H38O8/c1-22(2,3)14-9-13(10-15(19(14)29)23(4,5)6)7-8-18(28)31-21(17(27)12-25)20(30)16(26)11-24/h9-10,16-17,20-21,24-27,29-30H,7-8,11-12H2,1-6H3/t16-,17+,20+,21+/m0/s1. The number of hydrogen-bond acceptors (Lipinski definition) is 8. The molecule has 0 spiro atoms. The summed E-state index contributed by atoms with van der Waals surface area (Å²) < 4.78 is 5.11. The van der Waals surface area contributed by atoms with Crippen LogP contribution in [-0.4, -0.2) is 74.2 Å². The number of carbonyl (C=O) groups is 1. The van der Waals surface area contributed by atoms with Crippen LogP contribution in [0.4, 0.5) is 0 Å². The summed E-state index contributed by atoms with van der Waals surface area (Å²) in [6.45, 7) is 10.3. The van der Waals surface area contributed by atoms with E-state index >= 15 is 0 Å². The lowest BCUT2D eigenvalue weighted by atomic mass is 9.78. The van der Waals surface area contributed by atoms with Crippen molar-refractivity contribution < 1.29 is 40.2 Å². The van der Waals surface area contributed by atoms with E-state index in [1.165, 1.54) is 0 Å². The number of rotatable bonds is 9. The van der Waals surface area contributed by atoms with Gasteiger partial charge in [0, 0.05) is 6.42 Å². The van der Waals surface area contributed by atoms with Crippen molar-refractivity contribution in [1.29, 1.82) is 0 Å². The minimum atomic E-state index is -1.76. The molecule has 0 aliphatic heterocycles. The summed E-state index contributed by atoms with van der Waals surface area (Å²) in [5.74, 6) is -0.511. The Hall–Kier alpha value is -1.71. The highest BCUT2D eigenvalue weighted by Crippen LogP contribution is 2.40. The van der Waals surface area contributed by atoms with Gasteiger partial charge in [-0.05, 0) is 33.9 Å². The Balaban J connectivity index is 3.07. The van der Waals surface area contributed by atoms with Gasteiger partial charge in [-0.25, -0.2) is 0 Å². The van der Waals surface area contributed by atoms with Crippen LogP contribution in [0.2, 0.25) is 0 Å². The van der Waals surface area contributed by atoms with Crippen LogP contribution in [0.5, 0.6) is 5.75 Å². The van der Waals surface area contributed by atoms with Crippen molar-refractivity contribution in [2.45, 2.75) is 89.6 Å². The first kappa shape index (κ1) is 27.3. The first-order valence-electron chi connectivity index (χ1n) is 10.5. The Labute approximate surface area is 184 Å². The molecule has 0 heterocycles. The summed E-state index contributed by atoms with van der Waals surface area (Å²) in [6, 6.07) is 3.70. The first-order valence-corrected chi connectivity index (χ1v) is 10.5. The molecule has 1 aromatic rings. The molecule has 0 saturated heterocycles. The number of phenolic OH excluding ortho intramolecular Hbond substituents is 1. The van der Waals surface area contributed by atoms with Crippen LogP contribution in [0.3, 0.4) is 0 Å². The number of phenols is 1. The Morgan fingerprint density at radius 1 is 0.903 bits per heavy atom. The molecule has 0 bridgehead atoms. The third kappa shape index (κ3) is 7.43. The smallest absolute Gasteiger partial charge is 0.306 e. The number of aryl methyl sites for hydroxylation is 1. The van der Waals surface area contributed by atoms with E-state index in [9.17, 15) is 25.2 Å². The van der Waals surface area contributed by atoms with E-state index in [-0.39, 0.29) is 29.4 Å². The number of aromatic hydroxyl groups is 1. The third-order valence-electron chi connectivity index (χ3n) is 5.16. The molecule has 8 nitrogen and oxygen atoms in total. The SMILES string of the molecule is CC(C)(C)c1cc(CCC(=O)O[C@@H]([C@H](O)[C@@H](O)CO)[C@H](O)CO)cc(C(C)(C)C)c1O. The van der Waals surface area contributed by atoms with E-state index < -0.39 is 43.6 Å². The van der Waals surface area contributed by atoms with Crippen LogP contribution < -0.4 is 0 Å². The zero-order valence-corrected chi connectivity index (χ0v) is 19.3. The van der Waals surface area contributed by atoms with Gasteiger partial charge in [0.1, 0.15) is 24.1 Å². The first-order chi connectivity index (χ1) is 14.1. The summed E-state index contributed by atoms with van der Waals surface area (Å²) in [6.07, 6.45) is -6.41. The van der Waals surface area contributed by atoms with Gasteiger partial charge >= 0.3 is 5.97 Å². The van der Waals surface area contributed by atoms with Crippen LogP contribution in [0.15, 0.2) is 12.1 Å². The molecule has 178 valence electrons. The van der Waals surface area contributed by atoms with Crippen molar-refractivity contribution in [1.82, 2.24) is 0 Å². The summed E-state index contributed by atoms with van der Waals surface area (Å²) in [4.78, 5) is 12.4. The van der Waals surface area contributed by atoms with Gasteiger partial charge in [0.25, 0.3) is 0 Å². The van der Waals surface area contributed by atoms with Crippen molar-refractivity contribution in [3.63, 3.8) is 0 Å². The summed E-state index contributed by atoms with van der Waals surface area (Å²) in [7, 11) is 0. The molecule has 0 radical (unpaired) electrons. The molecule has 0 unspecified atom stereocenters. The maximum atomic E-state index is 12.4. The fourth-order valence-electron chi connectivity index (χ4n) is 3.25. The lowest BCUT2D eigenvalue weighted by molar-refractivity contribution is -0.177. The van der Waals surface area contributed by atoms with Crippen molar-refractivity contribution in [3.05, 3.63) is 28.8 Å². The molecule has 8 heteroatoms. The summed E-state index contributed by atoms with van der Waals surface area (Å²) in [5, 5.41) is 58.4. The average Bonchev–Trinajstić information content (AvgIpc) is 2.67. The molecule has 31 heavy (non-hydrogen) atoms. The number of ether oxygens (including phenoxy) is 1. The number of carbonyl (C=O) groups excluding carboxylic acids is 1. The average molecular weight is 443 g/mol. The second-order valence-electron chi connectivity index (χ2n) is 9.98. The maximum Gasteiger partial charge on any atom is 0.306 e. The van der Waals surface area contributed by atoms with Crippen LogP contribution in [-0.2, 0) is 26.8 Å². The van der Waals surface area contributed by atoms with Gasteiger partial charge in [0.2, 0.25) is 0 Å². The maximum absolute atomic E-state index is 12.4. The molecule has 1 aromatic carbocycles. The zero-order valence-electron chi connectivity index (χ0n) is 19.3. The predicted molar refractivity (Wildman–Crippen MR) is 116 cm³/mol. The molecule has 0 saturated carbocycles. The molecule has 6 N–H and O–H groups in total. The van der Waals surface area contributed by atoms with Gasteiger partial charge < -0.3 is 35.4 Å². The number of hydrogen-bond donors (Lipinski definition) is 6. The van der Waals surface area contributed by atoms with E-state index in [1.807, 2.05) is 53.7 Å². The van der Waals surface area contributed by atoms with Crippen molar-refractivity contribution in [2.24, 2.45) is 0 Å². The van der Waals surface area contributed by atoms with E-state index in [1.54, 1.807) is 0 Å². The molecular formula is C23H38O8. The Kier molecular flexibility index (Phi) is 9.47. The van der Waals surface area contributed by atoms with E-state index in [4.69, 9.17) is 14.9 Å². The quantitative estimate of drug-likeness (QED) is 0.309. The summed E-state index contributed by atoms with van der Waals surface area (Å²) >= 11 is 0. The summed E-state index contributed by atoms with van der Waals surface area (Å²) in [5.41, 5.74) is 1.71. The van der Waals surface area contributed by atoms with Gasteiger partial charge in [-0.2, -0.15) is 0 Å². The topological polar surface area (TPSA) is 148 Å². The molecule has 0 amide bonds. The zero-order chi connectivity index (χ0) is 24.1. The highest BCUT2D eigenvalue weighted by atomic mass is 16.6. The number of aliphatic hydroxyl groups is 5. The minimum Gasteiger partial charge on any atom is -0.507 e. The van der Waals surface area contributed by atoms with E-state index in [0.29, 0.717) is 0 Å². The lowest BCUT2D eigenvalue weighted by Gasteiger charge is -2.29.